The summed E-state index contributed by atoms with van der Waals surface area (Å²) in [5, 5.41) is 14.8. The molecule has 2 aliphatic rings. The third-order valence-electron chi connectivity index (χ3n) is 7.27. The van der Waals surface area contributed by atoms with E-state index in [1.807, 2.05) is 49.4 Å². The summed E-state index contributed by atoms with van der Waals surface area (Å²) in [4.78, 5) is 44.7. The highest BCUT2D eigenvalue weighted by molar-refractivity contribution is 6.09. The van der Waals surface area contributed by atoms with Crippen molar-refractivity contribution < 1.29 is 24.2 Å². The number of imide groups is 1. The maximum atomic E-state index is 13.7. The highest BCUT2D eigenvalue weighted by Gasteiger charge is 2.68. The van der Waals surface area contributed by atoms with Gasteiger partial charge in [0.05, 0.1) is 18.9 Å². The molecule has 1 aromatic heterocycles. The number of carboxylic acid groups (broad SMARTS) is 1. The molecule has 0 aliphatic carbocycles. The number of hydrogen-bond acceptors (Lipinski definition) is 5. The standard InChI is InChI=1S/C27H27N3O5/c1-3-4-13-30-24(31)21-22(25(30)32)27(26(33)34,14-16-15-28-19-11-7-5-9-17(16)19)29-23(21)18-10-6-8-12-20(18)35-2/h3-12,15,21-23,28-29H,13-14H2,1-2H3,(H,33,34). The molecule has 2 fully saturated rings. The Balaban J connectivity index is 1.67. The molecule has 3 aromatic rings. The second-order valence-electron chi connectivity index (χ2n) is 9.04. The molecule has 2 aromatic carbocycles. The summed E-state index contributed by atoms with van der Waals surface area (Å²) < 4.78 is 5.54. The Hall–Kier alpha value is -3.91. The second kappa shape index (κ2) is 8.70. The number of carboxylic acids is 1. The monoisotopic (exact) mass is 473 g/mol. The number of aromatic amines is 1. The van der Waals surface area contributed by atoms with Crippen LogP contribution in [0.4, 0.5) is 0 Å². The number of methoxy groups -OCH3 is 1. The lowest BCUT2D eigenvalue weighted by Gasteiger charge is -2.31. The number of carbonyl (C=O) groups excluding carboxylic acids is 2. The van der Waals surface area contributed by atoms with E-state index in [-0.39, 0.29) is 18.9 Å². The van der Waals surface area contributed by atoms with Crippen molar-refractivity contribution in [1.82, 2.24) is 15.2 Å². The zero-order chi connectivity index (χ0) is 24.7. The first-order chi connectivity index (χ1) is 16.9. The van der Waals surface area contributed by atoms with E-state index >= 15 is 0 Å². The molecule has 2 saturated heterocycles. The summed E-state index contributed by atoms with van der Waals surface area (Å²) in [6, 6.07) is 14.1. The van der Waals surface area contributed by atoms with Gasteiger partial charge in [-0.25, -0.2) is 0 Å². The van der Waals surface area contributed by atoms with Gasteiger partial charge in [0.1, 0.15) is 11.3 Å². The molecule has 5 rings (SSSR count). The van der Waals surface area contributed by atoms with Crippen molar-refractivity contribution >= 4 is 28.7 Å². The maximum Gasteiger partial charge on any atom is 0.325 e. The molecule has 0 saturated carbocycles. The Morgan fingerprint density at radius 2 is 1.89 bits per heavy atom. The summed E-state index contributed by atoms with van der Waals surface area (Å²) in [7, 11) is 1.53. The van der Waals surface area contributed by atoms with E-state index < -0.39 is 35.3 Å². The van der Waals surface area contributed by atoms with Crippen LogP contribution in [0.25, 0.3) is 10.9 Å². The van der Waals surface area contributed by atoms with Crippen LogP contribution in [0.1, 0.15) is 24.1 Å². The third kappa shape index (κ3) is 3.44. The van der Waals surface area contributed by atoms with E-state index in [9.17, 15) is 19.5 Å². The summed E-state index contributed by atoms with van der Waals surface area (Å²) in [6.07, 6.45) is 5.31. The molecule has 0 radical (unpaired) electrons. The number of benzene rings is 2. The zero-order valence-electron chi connectivity index (χ0n) is 19.5. The van der Waals surface area contributed by atoms with Crippen molar-refractivity contribution in [3.05, 3.63) is 78.0 Å². The van der Waals surface area contributed by atoms with Crippen molar-refractivity contribution in [3.63, 3.8) is 0 Å². The number of aromatic nitrogens is 1. The van der Waals surface area contributed by atoms with Crippen LogP contribution in [0.3, 0.4) is 0 Å². The Bertz CT molecular complexity index is 1350. The molecule has 3 N–H and O–H groups in total. The molecule has 8 heteroatoms. The fourth-order valence-electron chi connectivity index (χ4n) is 5.66. The first-order valence-corrected chi connectivity index (χ1v) is 11.6. The van der Waals surface area contributed by atoms with Gasteiger partial charge in [-0.15, -0.1) is 0 Å². The molecule has 2 aliphatic heterocycles. The van der Waals surface area contributed by atoms with Crippen LogP contribution >= 0.6 is 0 Å². The van der Waals surface area contributed by atoms with Gasteiger partial charge < -0.3 is 14.8 Å². The topological polar surface area (TPSA) is 112 Å². The third-order valence-corrected chi connectivity index (χ3v) is 7.27. The Labute approximate surface area is 202 Å². The number of ether oxygens (including phenoxy) is 1. The van der Waals surface area contributed by atoms with Gasteiger partial charge in [0.15, 0.2) is 0 Å². The molecule has 180 valence electrons. The normalized spacial score (nSPS) is 26.1. The largest absolute Gasteiger partial charge is 0.496 e. The number of carbonyl (C=O) groups is 3. The number of para-hydroxylation sites is 2. The van der Waals surface area contributed by atoms with Crippen molar-refractivity contribution in [2.45, 2.75) is 24.9 Å². The SMILES string of the molecule is CC=CCN1C(=O)C2C(c3ccccc3OC)NC(Cc3c[nH]c4ccccc34)(C(=O)O)C2C1=O. The average Bonchev–Trinajstić information content (AvgIpc) is 3.51. The minimum absolute atomic E-state index is 0.0373. The molecule has 2 amide bonds. The van der Waals surface area contributed by atoms with E-state index in [2.05, 4.69) is 10.3 Å². The first kappa shape index (κ1) is 22.9. The van der Waals surface area contributed by atoms with Crippen molar-refractivity contribution in [2.24, 2.45) is 11.8 Å². The number of hydrogen-bond donors (Lipinski definition) is 3. The molecular formula is C27H27N3O5. The number of amides is 2. The van der Waals surface area contributed by atoms with E-state index in [1.54, 1.807) is 24.4 Å². The zero-order valence-corrected chi connectivity index (χ0v) is 19.5. The molecule has 0 bridgehead atoms. The van der Waals surface area contributed by atoms with Gasteiger partial charge in [-0.05, 0) is 24.6 Å². The quantitative estimate of drug-likeness (QED) is 0.359. The molecule has 3 heterocycles. The van der Waals surface area contributed by atoms with Gasteiger partial charge in [0, 0.05) is 41.7 Å². The van der Waals surface area contributed by atoms with Gasteiger partial charge >= 0.3 is 5.97 Å². The van der Waals surface area contributed by atoms with E-state index in [1.165, 1.54) is 12.0 Å². The van der Waals surface area contributed by atoms with Gasteiger partial charge in [-0.1, -0.05) is 48.6 Å². The number of likely N-dealkylation sites (tertiary alicyclic amines) is 1. The van der Waals surface area contributed by atoms with Crippen molar-refractivity contribution in [2.75, 3.05) is 13.7 Å². The minimum Gasteiger partial charge on any atom is -0.496 e. The number of H-pyrrole nitrogens is 1. The Kier molecular flexibility index (Phi) is 5.68. The molecule has 8 nitrogen and oxygen atoms in total. The predicted octanol–water partition coefficient (Wildman–Crippen LogP) is 3.06. The Morgan fingerprint density at radius 3 is 2.63 bits per heavy atom. The number of nitrogens with one attached hydrogen (secondary N) is 2. The fraction of sp³-hybridized carbons (Fsp3) is 0.296. The number of fused-ring (bicyclic) bond motifs is 2. The average molecular weight is 474 g/mol. The smallest absolute Gasteiger partial charge is 0.325 e. The summed E-state index contributed by atoms with van der Waals surface area (Å²) in [5.74, 6) is -3.41. The van der Waals surface area contributed by atoms with Crippen LogP contribution in [-0.4, -0.2) is 52.0 Å². The lowest BCUT2D eigenvalue weighted by Crippen LogP contribution is -2.57. The summed E-state index contributed by atoms with van der Waals surface area (Å²) in [5.41, 5.74) is 0.615. The highest BCUT2D eigenvalue weighted by Crippen LogP contribution is 2.51. The number of aliphatic carboxylic acids is 1. The van der Waals surface area contributed by atoms with Crippen molar-refractivity contribution in [3.8, 4) is 5.75 Å². The van der Waals surface area contributed by atoms with Crippen LogP contribution < -0.4 is 10.1 Å². The minimum atomic E-state index is -1.68. The lowest BCUT2D eigenvalue weighted by molar-refractivity contribution is -0.151. The van der Waals surface area contributed by atoms with Gasteiger partial charge in [-0.2, -0.15) is 0 Å². The second-order valence-corrected chi connectivity index (χ2v) is 9.04. The highest BCUT2D eigenvalue weighted by atomic mass is 16.5. The van der Waals surface area contributed by atoms with Gasteiger partial charge in [-0.3, -0.25) is 24.6 Å². The van der Waals surface area contributed by atoms with Crippen LogP contribution in [0.5, 0.6) is 5.75 Å². The van der Waals surface area contributed by atoms with Crippen LogP contribution in [0, 0.1) is 11.8 Å². The van der Waals surface area contributed by atoms with Gasteiger partial charge in [0.25, 0.3) is 0 Å². The molecule has 4 unspecified atom stereocenters. The number of nitrogens with zero attached hydrogens (tertiary/aromatic N) is 1. The Morgan fingerprint density at radius 1 is 1.14 bits per heavy atom. The van der Waals surface area contributed by atoms with Crippen LogP contribution in [0.2, 0.25) is 0 Å². The van der Waals surface area contributed by atoms with E-state index in [4.69, 9.17) is 4.74 Å². The lowest BCUT2D eigenvalue weighted by atomic mass is 9.76. The molecule has 35 heavy (non-hydrogen) atoms. The van der Waals surface area contributed by atoms with Crippen LogP contribution in [0.15, 0.2) is 66.9 Å². The number of allylic oxidation sites excluding steroid dienone is 1. The predicted molar refractivity (Wildman–Crippen MR) is 130 cm³/mol. The van der Waals surface area contributed by atoms with E-state index in [0.29, 0.717) is 11.3 Å². The van der Waals surface area contributed by atoms with Crippen LogP contribution in [-0.2, 0) is 20.8 Å². The number of rotatable bonds is 7. The summed E-state index contributed by atoms with van der Waals surface area (Å²) in [6.45, 7) is 1.92. The summed E-state index contributed by atoms with van der Waals surface area (Å²) >= 11 is 0. The van der Waals surface area contributed by atoms with E-state index in [0.717, 1.165) is 16.5 Å². The molecular weight excluding hydrogens is 446 g/mol. The first-order valence-electron chi connectivity index (χ1n) is 11.6. The van der Waals surface area contributed by atoms with Crippen molar-refractivity contribution in [1.29, 1.82) is 0 Å². The fourth-order valence-corrected chi connectivity index (χ4v) is 5.66. The maximum absolute atomic E-state index is 13.7. The van der Waals surface area contributed by atoms with Gasteiger partial charge in [0.2, 0.25) is 11.8 Å². The molecule has 0 spiro atoms. The molecule has 4 atom stereocenters.